The predicted octanol–water partition coefficient (Wildman–Crippen LogP) is -0.881. The molecule has 0 aliphatic carbocycles. The van der Waals surface area contributed by atoms with Gasteiger partial charge < -0.3 is 4.74 Å². The highest BCUT2D eigenvalue weighted by Crippen LogP contribution is 1.85. The van der Waals surface area contributed by atoms with E-state index in [2.05, 4.69) is 20.3 Å². The predicted molar refractivity (Wildman–Crippen MR) is 30.1 cm³/mol. The van der Waals surface area contributed by atoms with Crippen molar-refractivity contribution in [2.45, 2.75) is 0 Å². The van der Waals surface area contributed by atoms with Gasteiger partial charge in [0, 0.05) is 0 Å². The Morgan fingerprint density at radius 2 is 2.56 bits per heavy atom. The second-order valence-corrected chi connectivity index (χ2v) is 1.28. The van der Waals surface area contributed by atoms with Crippen LogP contribution in [0.2, 0.25) is 0 Å². The Hall–Kier alpha value is -1.39. The van der Waals surface area contributed by atoms with Crippen molar-refractivity contribution in [2.24, 2.45) is 10.1 Å². The average molecular weight is 126 g/mol. The largest absolute Gasteiger partial charge is 0.463 e. The van der Waals surface area contributed by atoms with Crippen LogP contribution in [0.15, 0.2) is 10.1 Å². The van der Waals surface area contributed by atoms with Crippen molar-refractivity contribution in [1.82, 2.24) is 5.43 Å². The Morgan fingerprint density at radius 3 is 3.00 bits per heavy atom. The monoisotopic (exact) mass is 126 g/mol. The van der Waals surface area contributed by atoms with Crippen molar-refractivity contribution in [3.8, 4) is 0 Å². The van der Waals surface area contributed by atoms with E-state index in [9.17, 15) is 4.79 Å². The third-order valence-corrected chi connectivity index (χ3v) is 0.752. The van der Waals surface area contributed by atoms with E-state index in [1.165, 1.54) is 13.4 Å². The van der Waals surface area contributed by atoms with Gasteiger partial charge in [-0.05, 0) is 0 Å². The van der Waals surface area contributed by atoms with Crippen molar-refractivity contribution in [3.05, 3.63) is 0 Å². The van der Waals surface area contributed by atoms with Gasteiger partial charge in [0.25, 0.3) is 5.84 Å². The van der Waals surface area contributed by atoms with Gasteiger partial charge in [-0.3, -0.25) is 0 Å². The lowest BCUT2D eigenvalue weighted by atomic mass is 10.6. The number of rotatable bonds is 1. The molecule has 1 rings (SSSR count). The van der Waals surface area contributed by atoms with Crippen molar-refractivity contribution in [3.63, 3.8) is 0 Å². The summed E-state index contributed by atoms with van der Waals surface area (Å²) in [5, 5.41) is 3.33. The fraction of sp³-hybridized carbons (Fsp3) is 0.250. The van der Waals surface area contributed by atoms with Gasteiger partial charge in [-0.15, -0.1) is 10.5 Å². The van der Waals surface area contributed by atoms with Crippen molar-refractivity contribution in [1.29, 1.82) is 0 Å². The van der Waals surface area contributed by atoms with Crippen LogP contribution in [-0.4, -0.2) is 25.3 Å². The highest BCUT2D eigenvalue weighted by molar-refractivity contribution is 6.37. The maximum Gasteiger partial charge on any atom is 0.378 e. The minimum atomic E-state index is -0.563. The zero-order valence-corrected chi connectivity index (χ0v) is 4.74. The number of carbonyl (C=O) groups is 1. The van der Waals surface area contributed by atoms with Gasteiger partial charge in [-0.25, -0.2) is 9.79 Å². The van der Waals surface area contributed by atoms with Gasteiger partial charge in [0.05, 0.1) is 7.11 Å². The molecule has 5 heteroatoms. The highest BCUT2D eigenvalue weighted by Gasteiger charge is 2.14. The van der Waals surface area contributed by atoms with Crippen LogP contribution in [0.3, 0.4) is 0 Å². The number of hydrogen-bond donors (Lipinski definition) is 0. The summed E-state index contributed by atoms with van der Waals surface area (Å²) in [4.78, 5) is 14.0. The normalized spacial score (nSPS) is 14.6. The van der Waals surface area contributed by atoms with E-state index in [-0.39, 0.29) is 5.84 Å². The Bertz CT molecular complexity index is 184. The molecule has 0 atom stereocenters. The van der Waals surface area contributed by atoms with E-state index in [1.54, 1.807) is 0 Å². The Kier molecular flexibility index (Phi) is 1.44. The van der Waals surface area contributed by atoms with E-state index in [0.717, 1.165) is 0 Å². The molecule has 0 saturated carbocycles. The molecule has 1 radical (unpaired) electrons. The maximum absolute atomic E-state index is 10.5. The molecule has 5 nitrogen and oxygen atoms in total. The second kappa shape index (κ2) is 2.25. The molecule has 0 N–H and O–H groups in total. The highest BCUT2D eigenvalue weighted by atomic mass is 16.5. The smallest absolute Gasteiger partial charge is 0.378 e. The van der Waals surface area contributed by atoms with Gasteiger partial charge in [0.15, 0.2) is 0 Å². The minimum absolute atomic E-state index is 0.00231. The summed E-state index contributed by atoms with van der Waals surface area (Å²) in [6.45, 7) is 0. The number of methoxy groups -OCH3 is 1. The van der Waals surface area contributed by atoms with Gasteiger partial charge in [-0.2, -0.15) is 0 Å². The molecular formula is C4H4N3O2. The molecule has 1 aliphatic rings. The summed E-state index contributed by atoms with van der Waals surface area (Å²) in [5.74, 6) is -0.565. The van der Waals surface area contributed by atoms with Gasteiger partial charge in [0.1, 0.15) is 6.34 Å². The Morgan fingerprint density at radius 1 is 1.78 bits per heavy atom. The zero-order chi connectivity index (χ0) is 6.69. The fourth-order valence-corrected chi connectivity index (χ4v) is 0.372. The summed E-state index contributed by atoms with van der Waals surface area (Å²) in [6, 6.07) is 0. The Balaban J connectivity index is 2.55. The molecule has 47 valence electrons. The molecule has 0 aromatic heterocycles. The summed E-state index contributed by atoms with van der Waals surface area (Å²) in [5.41, 5.74) is 3.35. The van der Waals surface area contributed by atoms with Crippen molar-refractivity contribution < 1.29 is 9.53 Å². The van der Waals surface area contributed by atoms with Crippen LogP contribution in [0.5, 0.6) is 0 Å². The van der Waals surface area contributed by atoms with E-state index in [4.69, 9.17) is 0 Å². The molecule has 9 heavy (non-hydrogen) atoms. The minimum Gasteiger partial charge on any atom is -0.463 e. The van der Waals surface area contributed by atoms with E-state index in [1.807, 2.05) is 0 Å². The molecule has 0 aromatic rings. The lowest BCUT2D eigenvalue weighted by Crippen LogP contribution is -2.20. The quantitative estimate of drug-likeness (QED) is 0.428. The number of carbonyl (C=O) groups excluding carboxylic acids is 1. The van der Waals surface area contributed by atoms with Crippen LogP contribution in [0.1, 0.15) is 0 Å². The first-order valence-electron chi connectivity index (χ1n) is 2.23. The number of hydrogen-bond acceptors (Lipinski definition) is 4. The molecular weight excluding hydrogens is 122 g/mol. The van der Waals surface area contributed by atoms with Gasteiger partial charge in [0.2, 0.25) is 0 Å². The number of esters is 1. The second-order valence-electron chi connectivity index (χ2n) is 1.28. The first kappa shape index (κ1) is 5.74. The number of nitrogens with zero attached hydrogens (tertiary/aromatic N) is 3. The first-order valence-corrected chi connectivity index (χ1v) is 2.23. The standard InChI is InChI=1S/C4H4N3O2/c1-9-4(8)3-5-2-6-7-3/h2H,1H3. The van der Waals surface area contributed by atoms with Crippen molar-refractivity contribution >= 4 is 18.1 Å². The summed E-state index contributed by atoms with van der Waals surface area (Å²) < 4.78 is 4.29. The average Bonchev–Trinajstić information content (AvgIpc) is 2.37. The summed E-state index contributed by atoms with van der Waals surface area (Å²) in [6.07, 6.45) is 1.19. The molecule has 0 spiro atoms. The Labute approximate surface area is 51.4 Å². The molecule has 0 amide bonds. The fourth-order valence-electron chi connectivity index (χ4n) is 0.372. The van der Waals surface area contributed by atoms with Gasteiger partial charge in [-0.1, -0.05) is 0 Å². The van der Waals surface area contributed by atoms with Crippen LogP contribution in [0, 0.1) is 0 Å². The van der Waals surface area contributed by atoms with Crippen LogP contribution in [0.4, 0.5) is 0 Å². The van der Waals surface area contributed by atoms with Crippen LogP contribution < -0.4 is 5.43 Å². The molecule has 0 unspecified atom stereocenters. The number of aliphatic imine (C=N–C) groups is 1. The first-order chi connectivity index (χ1) is 4.34. The van der Waals surface area contributed by atoms with E-state index >= 15 is 0 Å². The molecule has 1 heterocycles. The topological polar surface area (TPSA) is 65.1 Å². The zero-order valence-electron chi connectivity index (χ0n) is 4.74. The number of amidine groups is 1. The molecule has 0 fully saturated rings. The third kappa shape index (κ3) is 1.04. The molecule has 0 bridgehead atoms. The third-order valence-electron chi connectivity index (χ3n) is 0.752. The van der Waals surface area contributed by atoms with Crippen molar-refractivity contribution in [2.75, 3.05) is 7.11 Å². The van der Waals surface area contributed by atoms with Crippen LogP contribution >= 0.6 is 0 Å². The maximum atomic E-state index is 10.5. The summed E-state index contributed by atoms with van der Waals surface area (Å²) in [7, 11) is 1.26. The molecule has 1 aliphatic heterocycles. The molecule has 0 saturated heterocycles. The summed E-state index contributed by atoms with van der Waals surface area (Å²) >= 11 is 0. The van der Waals surface area contributed by atoms with Crippen LogP contribution in [-0.2, 0) is 9.53 Å². The van der Waals surface area contributed by atoms with E-state index in [0.29, 0.717) is 0 Å². The lowest BCUT2D eigenvalue weighted by molar-refractivity contribution is -0.132. The van der Waals surface area contributed by atoms with Crippen LogP contribution in [0.25, 0.3) is 0 Å². The van der Waals surface area contributed by atoms with Gasteiger partial charge >= 0.3 is 5.97 Å². The molecule has 0 aromatic carbocycles. The number of ether oxygens (including phenoxy) is 1. The lowest BCUT2D eigenvalue weighted by Gasteiger charge is -1.91. The van der Waals surface area contributed by atoms with E-state index < -0.39 is 5.97 Å². The SMILES string of the molecule is COC(=O)C1=NC=N[N]1.